The van der Waals surface area contributed by atoms with Gasteiger partial charge in [-0.05, 0) is 17.7 Å². The van der Waals surface area contributed by atoms with Gasteiger partial charge in [0.2, 0.25) is 6.79 Å². The molecule has 20 heavy (non-hydrogen) atoms. The number of aromatic nitrogens is 1. The molecule has 0 spiro atoms. The summed E-state index contributed by atoms with van der Waals surface area (Å²) in [5.74, 6) is 1.30. The van der Waals surface area contributed by atoms with Gasteiger partial charge in [-0.3, -0.25) is 0 Å². The number of nitrogens with zero attached hydrogens (tertiary/aromatic N) is 1. The molecule has 106 valence electrons. The highest BCUT2D eigenvalue weighted by atomic mass is 32.2. The molecule has 0 aliphatic carbocycles. The summed E-state index contributed by atoms with van der Waals surface area (Å²) >= 11 is 0. The number of nitrogens with two attached hydrogens (primary N) is 1. The van der Waals surface area contributed by atoms with Gasteiger partial charge in [0.1, 0.15) is 5.75 Å². The van der Waals surface area contributed by atoms with Crippen molar-refractivity contribution < 1.29 is 22.4 Å². The normalized spacial score (nSPS) is 13.7. The Balaban J connectivity index is 2.08. The Labute approximate surface area is 115 Å². The highest BCUT2D eigenvalue weighted by Gasteiger charge is 2.22. The summed E-state index contributed by atoms with van der Waals surface area (Å²) in [6, 6.07) is 5.20. The van der Waals surface area contributed by atoms with Crippen LogP contribution in [0.2, 0.25) is 0 Å². The zero-order valence-corrected chi connectivity index (χ0v) is 11.4. The number of hydrogen-bond donors (Lipinski definition) is 1. The highest BCUT2D eigenvalue weighted by molar-refractivity contribution is 7.89. The van der Waals surface area contributed by atoms with E-state index in [1.807, 2.05) is 0 Å². The third-order valence-electron chi connectivity index (χ3n) is 2.84. The number of fused-ring (bicyclic) bond motifs is 1. The molecule has 0 fully saturated rings. The number of benzene rings is 1. The van der Waals surface area contributed by atoms with Crippen LogP contribution in [0, 0.1) is 0 Å². The fourth-order valence-electron chi connectivity index (χ4n) is 2.04. The molecule has 2 N–H and O–H groups in total. The Hall–Kier alpha value is -2.22. The van der Waals surface area contributed by atoms with E-state index < -0.39 is 9.84 Å². The van der Waals surface area contributed by atoms with Crippen molar-refractivity contribution in [1.82, 2.24) is 5.16 Å². The van der Waals surface area contributed by atoms with Crippen LogP contribution in [0.4, 0.5) is 5.82 Å². The monoisotopic (exact) mass is 296 g/mol. The molecule has 0 atom stereocenters. The Kier molecular flexibility index (Phi) is 2.82. The number of ether oxygens (including phenoxy) is 2. The van der Waals surface area contributed by atoms with E-state index in [2.05, 4.69) is 5.16 Å². The van der Waals surface area contributed by atoms with Gasteiger partial charge in [-0.1, -0.05) is 11.2 Å². The fourth-order valence-corrected chi connectivity index (χ4v) is 2.71. The first-order valence-corrected chi connectivity index (χ1v) is 7.82. The number of anilines is 1. The molecule has 8 heteroatoms. The molecule has 1 aliphatic heterocycles. The number of nitrogen functional groups attached to an aromatic ring is 1. The Morgan fingerprint density at radius 2 is 2.05 bits per heavy atom. The maximum Gasteiger partial charge on any atom is 0.231 e. The first kappa shape index (κ1) is 12.8. The smallest absolute Gasteiger partial charge is 0.231 e. The van der Waals surface area contributed by atoms with Gasteiger partial charge >= 0.3 is 0 Å². The Bertz CT molecular complexity index is 766. The van der Waals surface area contributed by atoms with Crippen LogP contribution >= 0.6 is 0 Å². The summed E-state index contributed by atoms with van der Waals surface area (Å²) in [7, 11) is -3.25. The summed E-state index contributed by atoms with van der Waals surface area (Å²) < 4.78 is 38.3. The van der Waals surface area contributed by atoms with Crippen LogP contribution in [0.25, 0.3) is 11.1 Å². The van der Waals surface area contributed by atoms with Crippen molar-refractivity contribution in [2.45, 2.75) is 5.75 Å². The SMILES string of the molecule is CS(=O)(=O)Cc1onc(N)c1-c1ccc2c(c1)OCO2. The van der Waals surface area contributed by atoms with E-state index in [1.54, 1.807) is 18.2 Å². The lowest BCUT2D eigenvalue weighted by molar-refractivity contribution is 0.174. The second-order valence-electron chi connectivity index (χ2n) is 4.50. The van der Waals surface area contributed by atoms with E-state index in [0.29, 0.717) is 22.6 Å². The zero-order valence-electron chi connectivity index (χ0n) is 10.6. The zero-order chi connectivity index (χ0) is 14.3. The number of hydrogen-bond acceptors (Lipinski definition) is 7. The van der Waals surface area contributed by atoms with Gasteiger partial charge in [0, 0.05) is 6.26 Å². The molecule has 0 unspecified atom stereocenters. The molecule has 1 aromatic carbocycles. The van der Waals surface area contributed by atoms with Gasteiger partial charge in [0.25, 0.3) is 0 Å². The summed E-state index contributed by atoms with van der Waals surface area (Å²) in [5, 5.41) is 3.64. The maximum atomic E-state index is 11.4. The number of sulfone groups is 1. The van der Waals surface area contributed by atoms with E-state index in [-0.39, 0.29) is 24.1 Å². The van der Waals surface area contributed by atoms with E-state index in [9.17, 15) is 8.42 Å². The van der Waals surface area contributed by atoms with Crippen molar-refractivity contribution in [3.05, 3.63) is 24.0 Å². The van der Waals surface area contributed by atoms with Crippen molar-refractivity contribution in [1.29, 1.82) is 0 Å². The van der Waals surface area contributed by atoms with Crippen molar-refractivity contribution in [3.63, 3.8) is 0 Å². The van der Waals surface area contributed by atoms with Gasteiger partial charge in [-0.2, -0.15) is 0 Å². The van der Waals surface area contributed by atoms with E-state index >= 15 is 0 Å². The van der Waals surface area contributed by atoms with E-state index in [1.165, 1.54) is 0 Å². The molecule has 0 saturated heterocycles. The van der Waals surface area contributed by atoms with Crippen LogP contribution in [0.1, 0.15) is 5.76 Å². The van der Waals surface area contributed by atoms with Crippen LogP contribution in [0.3, 0.4) is 0 Å². The predicted octanol–water partition coefficient (Wildman–Crippen LogP) is 1.20. The Morgan fingerprint density at radius 3 is 2.80 bits per heavy atom. The largest absolute Gasteiger partial charge is 0.454 e. The van der Waals surface area contributed by atoms with Gasteiger partial charge < -0.3 is 19.7 Å². The summed E-state index contributed by atoms with van der Waals surface area (Å²) in [6.45, 7) is 0.161. The first-order chi connectivity index (χ1) is 9.44. The average molecular weight is 296 g/mol. The minimum absolute atomic E-state index is 0.141. The van der Waals surface area contributed by atoms with Crippen LogP contribution in [0.5, 0.6) is 11.5 Å². The lowest BCUT2D eigenvalue weighted by atomic mass is 10.1. The molecule has 0 amide bonds. The molecule has 7 nitrogen and oxygen atoms in total. The fraction of sp³-hybridized carbons (Fsp3) is 0.250. The quantitative estimate of drug-likeness (QED) is 0.907. The van der Waals surface area contributed by atoms with Crippen LogP contribution in [-0.2, 0) is 15.6 Å². The maximum absolute atomic E-state index is 11.4. The molecule has 0 bridgehead atoms. The van der Waals surface area contributed by atoms with Crippen molar-refractivity contribution >= 4 is 15.7 Å². The molecule has 1 aromatic heterocycles. The summed E-state index contributed by atoms with van der Waals surface area (Å²) in [6.07, 6.45) is 1.12. The second kappa shape index (κ2) is 4.41. The van der Waals surface area contributed by atoms with Gasteiger partial charge in [0.15, 0.2) is 32.9 Å². The minimum atomic E-state index is -3.25. The molecule has 0 saturated carbocycles. The number of rotatable bonds is 3. The van der Waals surface area contributed by atoms with Gasteiger partial charge in [-0.25, -0.2) is 8.42 Å². The molecular formula is C12H12N2O5S. The molecule has 3 rings (SSSR count). The molecule has 1 aliphatic rings. The minimum Gasteiger partial charge on any atom is -0.454 e. The lowest BCUT2D eigenvalue weighted by Gasteiger charge is -2.03. The third kappa shape index (κ3) is 2.29. The standard InChI is InChI=1S/C12H12N2O5S/c1-20(15,16)5-10-11(12(13)14-19-10)7-2-3-8-9(4-7)18-6-17-8/h2-4H,5-6H2,1H3,(H2,13,14). The van der Waals surface area contributed by atoms with E-state index in [0.717, 1.165) is 6.26 Å². The van der Waals surface area contributed by atoms with Crippen molar-refractivity contribution in [2.24, 2.45) is 0 Å². The second-order valence-corrected chi connectivity index (χ2v) is 6.64. The summed E-state index contributed by atoms with van der Waals surface area (Å²) in [4.78, 5) is 0. The molecule has 2 aromatic rings. The average Bonchev–Trinajstić information content (AvgIpc) is 2.93. The molecular weight excluding hydrogens is 284 g/mol. The molecule has 0 radical (unpaired) electrons. The van der Waals surface area contributed by atoms with Gasteiger partial charge in [0.05, 0.1) is 5.56 Å². The lowest BCUT2D eigenvalue weighted by Crippen LogP contribution is -2.01. The molecule has 2 heterocycles. The van der Waals surface area contributed by atoms with Crippen LogP contribution < -0.4 is 15.2 Å². The van der Waals surface area contributed by atoms with E-state index in [4.69, 9.17) is 19.7 Å². The first-order valence-electron chi connectivity index (χ1n) is 5.76. The topological polar surface area (TPSA) is 105 Å². The van der Waals surface area contributed by atoms with Crippen molar-refractivity contribution in [2.75, 3.05) is 18.8 Å². The summed E-state index contributed by atoms with van der Waals surface area (Å²) in [5.41, 5.74) is 6.90. The van der Waals surface area contributed by atoms with Crippen LogP contribution in [-0.4, -0.2) is 26.6 Å². The Morgan fingerprint density at radius 1 is 1.30 bits per heavy atom. The highest BCUT2D eigenvalue weighted by Crippen LogP contribution is 2.38. The third-order valence-corrected chi connectivity index (χ3v) is 3.63. The van der Waals surface area contributed by atoms with Crippen molar-refractivity contribution in [3.8, 4) is 22.6 Å². The van der Waals surface area contributed by atoms with Crippen LogP contribution in [0.15, 0.2) is 22.7 Å². The van der Waals surface area contributed by atoms with Gasteiger partial charge in [-0.15, -0.1) is 0 Å². The predicted molar refractivity (Wildman–Crippen MR) is 71.0 cm³/mol.